The number of rotatable bonds is 7. The molecule has 3 N–H and O–H groups in total. The lowest BCUT2D eigenvalue weighted by Gasteiger charge is -2.40. The van der Waals surface area contributed by atoms with E-state index in [1.807, 2.05) is 40.9 Å². The maximum atomic E-state index is 13.6. The second-order valence-corrected chi connectivity index (χ2v) is 12.2. The van der Waals surface area contributed by atoms with Crippen molar-refractivity contribution in [3.8, 4) is 0 Å². The van der Waals surface area contributed by atoms with Crippen molar-refractivity contribution in [2.75, 3.05) is 6.54 Å². The lowest BCUT2D eigenvalue weighted by molar-refractivity contribution is -0.134. The number of hydrogen-bond acceptors (Lipinski definition) is 6. The largest absolute Gasteiger partial charge is 0.392 e. The molecule has 1 aliphatic carbocycles. The summed E-state index contributed by atoms with van der Waals surface area (Å²) in [6.45, 7) is 10.4. The van der Waals surface area contributed by atoms with Crippen molar-refractivity contribution in [2.24, 2.45) is 12.5 Å². The van der Waals surface area contributed by atoms with Gasteiger partial charge < -0.3 is 20.1 Å². The monoisotopic (exact) mass is 508 g/mol. The molecular formula is C28H40N6O3. The number of aliphatic hydroxyl groups excluding tert-OH is 2. The molecule has 0 spiro atoms. The van der Waals surface area contributed by atoms with Gasteiger partial charge in [0.05, 0.1) is 29.9 Å². The Morgan fingerprint density at radius 3 is 2.62 bits per heavy atom. The molecule has 1 saturated heterocycles. The number of fused-ring (bicyclic) bond motifs is 1. The molecule has 2 fully saturated rings. The summed E-state index contributed by atoms with van der Waals surface area (Å²) in [7, 11) is 2.01. The van der Waals surface area contributed by atoms with E-state index in [-0.39, 0.29) is 30.3 Å². The summed E-state index contributed by atoms with van der Waals surface area (Å²) in [4.78, 5) is 15.3. The van der Waals surface area contributed by atoms with E-state index < -0.39 is 24.4 Å². The molecule has 1 aliphatic heterocycles. The topological polar surface area (TPSA) is 108 Å². The molecule has 2 aliphatic rings. The predicted octanol–water partition coefficient (Wildman–Crippen LogP) is 3.17. The van der Waals surface area contributed by atoms with Crippen molar-refractivity contribution >= 4 is 16.8 Å². The fourth-order valence-electron chi connectivity index (χ4n) is 5.81. The number of aliphatic hydroxyl groups is 2. The van der Waals surface area contributed by atoms with Gasteiger partial charge in [0.25, 0.3) is 0 Å². The first-order valence-electron chi connectivity index (χ1n) is 13.3. The van der Waals surface area contributed by atoms with Crippen LogP contribution in [0.5, 0.6) is 0 Å². The van der Waals surface area contributed by atoms with Crippen LogP contribution in [-0.4, -0.2) is 65.5 Å². The Labute approximate surface area is 218 Å². The van der Waals surface area contributed by atoms with E-state index in [0.717, 1.165) is 40.6 Å². The second kappa shape index (κ2) is 9.53. The highest BCUT2D eigenvalue weighted by Crippen LogP contribution is 2.41. The number of aryl methyl sites for hydroxylation is 2. The van der Waals surface area contributed by atoms with Crippen molar-refractivity contribution in [3.63, 3.8) is 0 Å². The number of nitrogens with one attached hydrogen (secondary N) is 1. The molecule has 5 atom stereocenters. The minimum absolute atomic E-state index is 0.197. The van der Waals surface area contributed by atoms with Crippen LogP contribution >= 0.6 is 0 Å². The Balaban J connectivity index is 1.37. The molecule has 9 heteroatoms. The number of likely N-dealkylation sites (tertiary alicyclic amines) is 1. The fourth-order valence-corrected chi connectivity index (χ4v) is 5.81. The number of amides is 1. The maximum Gasteiger partial charge on any atom is 0.238 e. The lowest BCUT2D eigenvalue weighted by Crippen LogP contribution is -2.53. The first-order valence-corrected chi connectivity index (χ1v) is 13.3. The van der Waals surface area contributed by atoms with Gasteiger partial charge in [-0.2, -0.15) is 0 Å². The fraction of sp³-hybridized carbons (Fsp3) is 0.607. The van der Waals surface area contributed by atoms with Crippen LogP contribution in [0.2, 0.25) is 0 Å². The van der Waals surface area contributed by atoms with Gasteiger partial charge in [0, 0.05) is 42.8 Å². The molecule has 1 aromatic carbocycles. The van der Waals surface area contributed by atoms with Gasteiger partial charge in [-0.25, -0.2) is 4.68 Å². The number of β-amino-alcohol motifs (C(OH)–C–C–N with tert-alkyl or cyclic N) is 1. The van der Waals surface area contributed by atoms with Crippen LogP contribution in [0, 0.1) is 12.3 Å². The molecule has 1 amide bonds. The van der Waals surface area contributed by atoms with Crippen molar-refractivity contribution in [1.82, 2.24) is 29.8 Å². The zero-order valence-corrected chi connectivity index (χ0v) is 22.7. The van der Waals surface area contributed by atoms with E-state index in [2.05, 4.69) is 51.5 Å². The zero-order valence-electron chi connectivity index (χ0n) is 22.7. The first-order chi connectivity index (χ1) is 17.4. The van der Waals surface area contributed by atoms with Crippen LogP contribution in [-0.2, 0) is 11.8 Å². The average Bonchev–Trinajstić information content (AvgIpc) is 3.27. The minimum atomic E-state index is -1.02. The predicted molar refractivity (Wildman–Crippen MR) is 142 cm³/mol. The van der Waals surface area contributed by atoms with Gasteiger partial charge in [-0.15, -0.1) is 5.10 Å². The number of nitrogens with zero attached hydrogens (tertiary/aromatic N) is 5. The Bertz CT molecular complexity index is 1290. The van der Waals surface area contributed by atoms with Crippen LogP contribution in [0.25, 0.3) is 10.9 Å². The van der Waals surface area contributed by atoms with Gasteiger partial charge in [-0.1, -0.05) is 37.6 Å². The summed E-state index contributed by atoms with van der Waals surface area (Å²) in [5.41, 5.74) is 3.91. The van der Waals surface area contributed by atoms with Crippen molar-refractivity contribution in [1.29, 1.82) is 0 Å². The molecular weight excluding hydrogens is 468 g/mol. The lowest BCUT2D eigenvalue weighted by atomic mass is 9.85. The third-order valence-electron chi connectivity index (χ3n) is 7.94. The number of hydrogen-bond donors (Lipinski definition) is 3. The van der Waals surface area contributed by atoms with Gasteiger partial charge in [0.2, 0.25) is 5.91 Å². The summed E-state index contributed by atoms with van der Waals surface area (Å²) < 4.78 is 3.82. The third-order valence-corrected chi connectivity index (χ3v) is 7.94. The SMILES string of the molecule is Cc1ccc2c(c1)c(C(C)NC(=O)C1CC(O)CN1C(O)C(n1cc(C3CC3)nn1)C(C)(C)C)cn2C. The standard InChI is InChI=1S/C28H40N6O3/c1-16-7-10-23-20(11-16)21(14-32(23)6)17(2)29-26(36)24-12-19(35)13-33(24)27(37)25(28(3,4)5)34-15-22(30-31-34)18-8-9-18/h7,10-11,14-15,17-19,24-25,27,35,37H,8-9,12-13H2,1-6H3,(H,29,36). The number of aromatic nitrogens is 4. The highest BCUT2D eigenvalue weighted by Gasteiger charge is 2.46. The van der Waals surface area contributed by atoms with Crippen LogP contribution < -0.4 is 5.32 Å². The van der Waals surface area contributed by atoms with Crippen LogP contribution in [0.15, 0.2) is 30.6 Å². The van der Waals surface area contributed by atoms with Crippen molar-refractivity contribution < 1.29 is 15.0 Å². The van der Waals surface area contributed by atoms with Gasteiger partial charge in [-0.3, -0.25) is 9.69 Å². The first kappa shape index (κ1) is 25.9. The molecule has 2 aromatic heterocycles. The van der Waals surface area contributed by atoms with Crippen molar-refractivity contribution in [3.05, 3.63) is 47.4 Å². The van der Waals surface area contributed by atoms with E-state index in [0.29, 0.717) is 5.92 Å². The molecule has 1 saturated carbocycles. The van der Waals surface area contributed by atoms with E-state index in [1.165, 1.54) is 0 Å². The molecule has 0 bridgehead atoms. The number of carbonyl (C=O) groups is 1. The highest BCUT2D eigenvalue weighted by molar-refractivity contribution is 5.87. The van der Waals surface area contributed by atoms with E-state index in [1.54, 1.807) is 9.58 Å². The van der Waals surface area contributed by atoms with Crippen LogP contribution in [0.3, 0.4) is 0 Å². The minimum Gasteiger partial charge on any atom is -0.392 e. The highest BCUT2D eigenvalue weighted by atomic mass is 16.3. The van der Waals surface area contributed by atoms with Crippen molar-refractivity contribution in [2.45, 2.75) is 90.3 Å². The van der Waals surface area contributed by atoms with Gasteiger partial charge in [-0.05, 0) is 56.2 Å². The number of benzene rings is 1. The van der Waals surface area contributed by atoms with Crippen LogP contribution in [0.4, 0.5) is 0 Å². The molecule has 3 aromatic rings. The van der Waals surface area contributed by atoms with E-state index in [4.69, 9.17) is 0 Å². The van der Waals surface area contributed by atoms with Gasteiger partial charge in [0.15, 0.2) is 0 Å². The molecule has 5 rings (SSSR count). The Morgan fingerprint density at radius 1 is 1.22 bits per heavy atom. The van der Waals surface area contributed by atoms with Gasteiger partial charge in [0.1, 0.15) is 6.23 Å². The van der Waals surface area contributed by atoms with E-state index >= 15 is 0 Å². The normalized spacial score (nSPS) is 23.4. The molecule has 37 heavy (non-hydrogen) atoms. The Kier molecular flexibility index (Phi) is 6.66. The Hall–Kier alpha value is -2.75. The summed E-state index contributed by atoms with van der Waals surface area (Å²) in [6, 6.07) is 5.00. The summed E-state index contributed by atoms with van der Waals surface area (Å²) in [5, 5.41) is 35.2. The second-order valence-electron chi connectivity index (χ2n) is 12.2. The van der Waals surface area contributed by atoms with Crippen LogP contribution in [0.1, 0.15) is 81.8 Å². The Morgan fingerprint density at radius 2 is 1.95 bits per heavy atom. The zero-order chi connectivity index (χ0) is 26.6. The van der Waals surface area contributed by atoms with Gasteiger partial charge >= 0.3 is 0 Å². The average molecular weight is 509 g/mol. The third kappa shape index (κ3) is 5.04. The molecule has 3 heterocycles. The molecule has 0 radical (unpaired) electrons. The number of carbonyl (C=O) groups excluding carboxylic acids is 1. The summed E-state index contributed by atoms with van der Waals surface area (Å²) >= 11 is 0. The summed E-state index contributed by atoms with van der Waals surface area (Å²) in [5.74, 6) is 0.260. The molecule has 9 nitrogen and oxygen atoms in total. The molecule has 200 valence electrons. The quantitative estimate of drug-likeness (QED) is 0.452. The van der Waals surface area contributed by atoms with E-state index in [9.17, 15) is 15.0 Å². The smallest absolute Gasteiger partial charge is 0.238 e. The summed E-state index contributed by atoms with van der Waals surface area (Å²) in [6.07, 6.45) is 4.79. The maximum absolute atomic E-state index is 13.6. The molecule has 5 unspecified atom stereocenters.